The van der Waals surface area contributed by atoms with Crippen molar-refractivity contribution in [3.05, 3.63) is 110 Å². The van der Waals surface area contributed by atoms with Gasteiger partial charge in [0, 0.05) is 31.2 Å². The third kappa shape index (κ3) is 5.30. The van der Waals surface area contributed by atoms with Gasteiger partial charge in [0.25, 0.3) is 5.91 Å². The number of amides is 1. The number of hydrogen-bond donors (Lipinski definition) is 0. The summed E-state index contributed by atoms with van der Waals surface area (Å²) in [6, 6.07) is 21.9. The number of carbonyl (C=O) groups is 1. The van der Waals surface area contributed by atoms with Gasteiger partial charge < -0.3 is 18.8 Å². The van der Waals surface area contributed by atoms with Crippen LogP contribution in [0.4, 0.5) is 0 Å². The van der Waals surface area contributed by atoms with Crippen LogP contribution >= 0.6 is 11.6 Å². The molecule has 0 saturated carbocycles. The molecule has 2 aliphatic rings. The molecule has 3 aromatic carbocycles. The Bertz CT molecular complexity index is 1530. The summed E-state index contributed by atoms with van der Waals surface area (Å²) >= 11 is 6.20. The molecule has 0 bridgehead atoms. The molecule has 8 heteroatoms. The molecular formula is C31H29ClN2O5. The van der Waals surface area contributed by atoms with E-state index in [1.807, 2.05) is 54.6 Å². The van der Waals surface area contributed by atoms with Gasteiger partial charge in [-0.2, -0.15) is 0 Å². The smallest absolute Gasteiger partial charge is 0.290 e. The highest BCUT2D eigenvalue weighted by Gasteiger charge is 2.42. The molecule has 2 aliphatic heterocycles. The fourth-order valence-corrected chi connectivity index (χ4v) is 5.52. The normalized spacial score (nSPS) is 17.5. The summed E-state index contributed by atoms with van der Waals surface area (Å²) in [7, 11) is 0. The van der Waals surface area contributed by atoms with Crippen molar-refractivity contribution >= 4 is 28.5 Å². The Labute approximate surface area is 231 Å². The summed E-state index contributed by atoms with van der Waals surface area (Å²) in [6.07, 6.45) is 0.772. The third-order valence-electron chi connectivity index (χ3n) is 7.35. The average molecular weight is 545 g/mol. The van der Waals surface area contributed by atoms with Crippen molar-refractivity contribution in [3.63, 3.8) is 0 Å². The van der Waals surface area contributed by atoms with Crippen molar-refractivity contribution in [2.24, 2.45) is 0 Å². The molecule has 4 aromatic rings. The van der Waals surface area contributed by atoms with E-state index in [1.54, 1.807) is 23.1 Å². The zero-order chi connectivity index (χ0) is 26.8. The lowest BCUT2D eigenvalue weighted by molar-refractivity contribution is 0.0353. The van der Waals surface area contributed by atoms with Gasteiger partial charge in [0.2, 0.25) is 5.76 Å². The van der Waals surface area contributed by atoms with Gasteiger partial charge in [-0.1, -0.05) is 54.1 Å². The molecule has 39 heavy (non-hydrogen) atoms. The van der Waals surface area contributed by atoms with Crippen molar-refractivity contribution in [2.75, 3.05) is 39.4 Å². The Morgan fingerprint density at radius 2 is 1.69 bits per heavy atom. The molecule has 0 radical (unpaired) electrons. The maximum Gasteiger partial charge on any atom is 0.290 e. The van der Waals surface area contributed by atoms with Crippen LogP contribution in [0.3, 0.4) is 0 Å². The molecule has 0 spiro atoms. The van der Waals surface area contributed by atoms with Crippen LogP contribution in [0, 0.1) is 0 Å². The van der Waals surface area contributed by atoms with E-state index in [1.165, 1.54) is 0 Å². The van der Waals surface area contributed by atoms with Gasteiger partial charge in [0.1, 0.15) is 17.9 Å². The van der Waals surface area contributed by atoms with Crippen LogP contribution in [0.25, 0.3) is 11.0 Å². The van der Waals surface area contributed by atoms with Crippen LogP contribution in [0.1, 0.15) is 39.7 Å². The minimum absolute atomic E-state index is 0.107. The van der Waals surface area contributed by atoms with E-state index in [-0.39, 0.29) is 17.1 Å². The summed E-state index contributed by atoms with van der Waals surface area (Å²) in [4.78, 5) is 31.5. The fourth-order valence-electron chi connectivity index (χ4n) is 5.35. The quantitative estimate of drug-likeness (QED) is 0.300. The lowest BCUT2D eigenvalue weighted by atomic mass is 9.98. The summed E-state index contributed by atoms with van der Waals surface area (Å²) < 4.78 is 17.5. The molecule has 1 fully saturated rings. The summed E-state index contributed by atoms with van der Waals surface area (Å²) in [5.74, 6) is 0.550. The number of fused-ring (bicyclic) bond motifs is 2. The first-order valence-electron chi connectivity index (χ1n) is 13.2. The number of morpholine rings is 1. The van der Waals surface area contributed by atoms with Gasteiger partial charge in [0.15, 0.2) is 5.43 Å². The van der Waals surface area contributed by atoms with Crippen molar-refractivity contribution in [2.45, 2.75) is 19.1 Å². The predicted octanol–water partition coefficient (Wildman–Crippen LogP) is 5.29. The SMILES string of the molecule is O=C1c2oc3ccc(Cl)cc3c(=O)c2C(c2ccc(OCc3ccccc3)cc2)N1CCCN1CCOCC1. The molecule has 1 aromatic heterocycles. The molecule has 0 aliphatic carbocycles. The van der Waals surface area contributed by atoms with Gasteiger partial charge >= 0.3 is 0 Å². The molecule has 6 rings (SSSR count). The van der Waals surface area contributed by atoms with Crippen LogP contribution in [-0.4, -0.2) is 55.1 Å². The zero-order valence-corrected chi connectivity index (χ0v) is 22.2. The number of ether oxygens (including phenoxy) is 2. The minimum atomic E-state index is -0.556. The second-order valence-corrected chi connectivity index (χ2v) is 10.3. The Kier molecular flexibility index (Phi) is 7.37. The first-order valence-corrected chi connectivity index (χ1v) is 13.6. The van der Waals surface area contributed by atoms with E-state index in [0.29, 0.717) is 40.5 Å². The highest BCUT2D eigenvalue weighted by atomic mass is 35.5. The van der Waals surface area contributed by atoms with Crippen LogP contribution in [-0.2, 0) is 11.3 Å². The number of benzene rings is 3. The highest BCUT2D eigenvalue weighted by molar-refractivity contribution is 6.31. The summed E-state index contributed by atoms with van der Waals surface area (Å²) in [6.45, 7) is 5.01. The van der Waals surface area contributed by atoms with E-state index >= 15 is 0 Å². The lowest BCUT2D eigenvalue weighted by Crippen LogP contribution is -2.38. The first kappa shape index (κ1) is 25.6. The average Bonchev–Trinajstić information content (AvgIpc) is 3.25. The largest absolute Gasteiger partial charge is 0.489 e. The summed E-state index contributed by atoms with van der Waals surface area (Å²) in [5, 5.41) is 0.815. The van der Waals surface area contributed by atoms with Gasteiger partial charge in [-0.3, -0.25) is 14.5 Å². The second kappa shape index (κ2) is 11.2. The summed E-state index contributed by atoms with van der Waals surface area (Å²) in [5.41, 5.74) is 2.39. The second-order valence-electron chi connectivity index (χ2n) is 9.87. The monoisotopic (exact) mass is 544 g/mol. The first-order chi connectivity index (χ1) is 19.1. The Morgan fingerprint density at radius 3 is 2.46 bits per heavy atom. The predicted molar refractivity (Wildman–Crippen MR) is 149 cm³/mol. The Morgan fingerprint density at radius 1 is 0.923 bits per heavy atom. The Balaban J connectivity index is 1.31. The molecule has 7 nitrogen and oxygen atoms in total. The molecule has 1 saturated heterocycles. The number of halogens is 1. The van der Waals surface area contributed by atoms with Crippen molar-refractivity contribution in [1.82, 2.24) is 9.80 Å². The molecular weight excluding hydrogens is 516 g/mol. The fraction of sp³-hybridized carbons (Fsp3) is 0.290. The Hall–Kier alpha value is -3.65. The van der Waals surface area contributed by atoms with Crippen LogP contribution < -0.4 is 10.2 Å². The van der Waals surface area contributed by atoms with Gasteiger partial charge in [-0.15, -0.1) is 0 Å². The van der Waals surface area contributed by atoms with Gasteiger partial charge in [-0.05, 0) is 47.9 Å². The van der Waals surface area contributed by atoms with Crippen molar-refractivity contribution < 1.29 is 18.7 Å². The maximum absolute atomic E-state index is 13.8. The van der Waals surface area contributed by atoms with Gasteiger partial charge in [-0.25, -0.2) is 0 Å². The third-order valence-corrected chi connectivity index (χ3v) is 7.58. The standard InChI is InChI=1S/C31H29ClN2O5/c32-23-9-12-26-25(19-23)29(35)27-28(22-7-10-24(11-8-22)38-20-21-5-2-1-3-6-21)34(31(36)30(27)39-26)14-4-13-33-15-17-37-18-16-33/h1-3,5-12,19,28H,4,13-18,20H2. The minimum Gasteiger partial charge on any atom is -0.489 e. The zero-order valence-electron chi connectivity index (χ0n) is 21.5. The van der Waals surface area contributed by atoms with E-state index < -0.39 is 6.04 Å². The number of nitrogens with zero attached hydrogens (tertiary/aromatic N) is 2. The van der Waals surface area contributed by atoms with E-state index in [2.05, 4.69) is 4.90 Å². The van der Waals surface area contributed by atoms with Crippen molar-refractivity contribution in [1.29, 1.82) is 0 Å². The highest BCUT2D eigenvalue weighted by Crippen LogP contribution is 2.39. The van der Waals surface area contributed by atoms with Crippen LogP contribution in [0.15, 0.2) is 82.0 Å². The molecule has 3 heterocycles. The van der Waals surface area contributed by atoms with Gasteiger partial charge in [0.05, 0.1) is 30.2 Å². The number of rotatable bonds is 8. The topological polar surface area (TPSA) is 72.2 Å². The molecule has 0 N–H and O–H groups in total. The molecule has 1 atom stereocenters. The molecule has 1 amide bonds. The van der Waals surface area contributed by atoms with Crippen LogP contribution in [0.5, 0.6) is 5.75 Å². The van der Waals surface area contributed by atoms with E-state index in [9.17, 15) is 9.59 Å². The number of hydrogen-bond acceptors (Lipinski definition) is 6. The van der Waals surface area contributed by atoms with E-state index in [4.69, 9.17) is 25.5 Å². The molecule has 200 valence electrons. The lowest BCUT2D eigenvalue weighted by Gasteiger charge is -2.29. The van der Waals surface area contributed by atoms with E-state index in [0.717, 1.165) is 50.4 Å². The van der Waals surface area contributed by atoms with Crippen LogP contribution in [0.2, 0.25) is 5.02 Å². The molecule has 1 unspecified atom stereocenters. The maximum atomic E-state index is 13.8. The number of carbonyl (C=O) groups excluding carboxylic acids is 1. The van der Waals surface area contributed by atoms with Crippen molar-refractivity contribution in [3.8, 4) is 5.75 Å².